The van der Waals surface area contributed by atoms with Gasteiger partial charge in [0.2, 0.25) is 0 Å². The standard InChI is InChI=1S/C15H28BrN3/c1-5-6-7-8-9-10-11-13-17-18-14(12-16)19(13)15(2,3)4/h5-12H2,1-4H3. The Hall–Kier alpha value is -0.380. The lowest BCUT2D eigenvalue weighted by molar-refractivity contribution is 0.371. The Balaban J connectivity index is 2.52. The molecule has 4 heteroatoms. The van der Waals surface area contributed by atoms with Crippen LogP contribution in [0.4, 0.5) is 0 Å². The van der Waals surface area contributed by atoms with E-state index in [1.54, 1.807) is 0 Å². The van der Waals surface area contributed by atoms with Crippen LogP contribution in [0.5, 0.6) is 0 Å². The van der Waals surface area contributed by atoms with E-state index in [2.05, 4.69) is 58.4 Å². The summed E-state index contributed by atoms with van der Waals surface area (Å²) in [5.74, 6) is 2.17. The third-order valence-corrected chi connectivity index (χ3v) is 3.84. The van der Waals surface area contributed by atoms with Crippen molar-refractivity contribution >= 4 is 15.9 Å². The van der Waals surface area contributed by atoms with Crippen LogP contribution < -0.4 is 0 Å². The molecule has 0 aliphatic carbocycles. The molecule has 19 heavy (non-hydrogen) atoms. The second-order valence-corrected chi connectivity index (χ2v) is 6.75. The second kappa shape index (κ2) is 8.03. The predicted octanol–water partition coefficient (Wildman–Crippen LogP) is 4.83. The molecule has 110 valence electrons. The van der Waals surface area contributed by atoms with Crippen molar-refractivity contribution in [1.82, 2.24) is 14.8 Å². The molecule has 0 radical (unpaired) electrons. The molecule has 0 atom stereocenters. The quantitative estimate of drug-likeness (QED) is 0.505. The van der Waals surface area contributed by atoms with Gasteiger partial charge in [-0.1, -0.05) is 55.0 Å². The Morgan fingerprint density at radius 1 is 0.947 bits per heavy atom. The molecular weight excluding hydrogens is 302 g/mol. The molecule has 0 unspecified atom stereocenters. The maximum absolute atomic E-state index is 4.37. The van der Waals surface area contributed by atoms with Crippen LogP contribution in [0.1, 0.15) is 77.9 Å². The Labute approximate surface area is 126 Å². The van der Waals surface area contributed by atoms with Gasteiger partial charge >= 0.3 is 0 Å². The van der Waals surface area contributed by atoms with Gasteiger partial charge in [0.1, 0.15) is 11.6 Å². The summed E-state index contributed by atoms with van der Waals surface area (Å²) >= 11 is 3.50. The Kier molecular flexibility index (Phi) is 7.05. The van der Waals surface area contributed by atoms with Crippen LogP contribution in [0, 0.1) is 0 Å². The molecule has 0 saturated carbocycles. The number of aryl methyl sites for hydroxylation is 1. The van der Waals surface area contributed by atoms with Gasteiger partial charge in [0, 0.05) is 12.0 Å². The molecule has 1 aromatic rings. The monoisotopic (exact) mass is 329 g/mol. The van der Waals surface area contributed by atoms with E-state index in [9.17, 15) is 0 Å². The first-order valence-electron chi connectivity index (χ1n) is 7.50. The number of alkyl halides is 1. The Morgan fingerprint density at radius 2 is 1.53 bits per heavy atom. The first kappa shape index (κ1) is 16.7. The average Bonchev–Trinajstić information content (AvgIpc) is 2.76. The van der Waals surface area contributed by atoms with Gasteiger partial charge in [-0.15, -0.1) is 10.2 Å². The molecule has 0 amide bonds. The zero-order chi connectivity index (χ0) is 14.3. The molecule has 1 rings (SSSR count). The number of nitrogens with zero attached hydrogens (tertiary/aromatic N) is 3. The van der Waals surface area contributed by atoms with E-state index in [0.717, 1.165) is 23.4 Å². The van der Waals surface area contributed by atoms with Crippen molar-refractivity contribution in [2.45, 2.75) is 83.5 Å². The normalized spacial score (nSPS) is 12.1. The smallest absolute Gasteiger partial charge is 0.144 e. The topological polar surface area (TPSA) is 30.7 Å². The number of halogens is 1. The van der Waals surface area contributed by atoms with Crippen molar-refractivity contribution in [2.24, 2.45) is 0 Å². The molecule has 0 fully saturated rings. The van der Waals surface area contributed by atoms with Crippen molar-refractivity contribution in [3.8, 4) is 0 Å². The fraction of sp³-hybridized carbons (Fsp3) is 0.867. The van der Waals surface area contributed by atoms with Gasteiger partial charge in [-0.3, -0.25) is 0 Å². The number of aromatic nitrogens is 3. The molecule has 0 spiro atoms. The third-order valence-electron chi connectivity index (χ3n) is 3.34. The van der Waals surface area contributed by atoms with Crippen molar-refractivity contribution < 1.29 is 0 Å². The summed E-state index contributed by atoms with van der Waals surface area (Å²) in [7, 11) is 0. The largest absolute Gasteiger partial charge is 0.309 e. The van der Waals surface area contributed by atoms with E-state index in [-0.39, 0.29) is 5.54 Å². The summed E-state index contributed by atoms with van der Waals surface area (Å²) in [6, 6.07) is 0. The Morgan fingerprint density at radius 3 is 2.11 bits per heavy atom. The first-order valence-corrected chi connectivity index (χ1v) is 8.62. The molecule has 1 heterocycles. The molecule has 0 aliphatic heterocycles. The lowest BCUT2D eigenvalue weighted by atomic mass is 10.1. The number of unbranched alkanes of at least 4 members (excludes halogenated alkanes) is 5. The van der Waals surface area contributed by atoms with Gasteiger partial charge in [0.05, 0.1) is 5.33 Å². The van der Waals surface area contributed by atoms with Crippen LogP contribution in [-0.4, -0.2) is 14.8 Å². The zero-order valence-electron chi connectivity index (χ0n) is 12.9. The molecule has 0 aliphatic rings. The minimum atomic E-state index is 0.0597. The van der Waals surface area contributed by atoms with Crippen LogP contribution in [0.25, 0.3) is 0 Å². The average molecular weight is 330 g/mol. The molecule has 1 aromatic heterocycles. The highest BCUT2D eigenvalue weighted by Gasteiger charge is 2.21. The van der Waals surface area contributed by atoms with Crippen LogP contribution in [0.2, 0.25) is 0 Å². The predicted molar refractivity (Wildman–Crippen MR) is 84.7 cm³/mol. The molecular formula is C15H28BrN3. The summed E-state index contributed by atoms with van der Waals surface area (Å²) in [5.41, 5.74) is 0.0597. The maximum Gasteiger partial charge on any atom is 0.144 e. The summed E-state index contributed by atoms with van der Waals surface area (Å²) < 4.78 is 2.29. The zero-order valence-corrected chi connectivity index (χ0v) is 14.5. The number of hydrogen-bond acceptors (Lipinski definition) is 2. The summed E-state index contributed by atoms with van der Waals surface area (Å²) in [6.07, 6.45) is 8.97. The molecule has 0 aromatic carbocycles. The third kappa shape index (κ3) is 5.25. The van der Waals surface area contributed by atoms with E-state index >= 15 is 0 Å². The van der Waals surface area contributed by atoms with E-state index < -0.39 is 0 Å². The van der Waals surface area contributed by atoms with Gasteiger partial charge < -0.3 is 4.57 Å². The minimum Gasteiger partial charge on any atom is -0.309 e. The fourth-order valence-corrected chi connectivity index (χ4v) is 2.80. The summed E-state index contributed by atoms with van der Waals surface area (Å²) in [5, 5.41) is 9.44. The van der Waals surface area contributed by atoms with E-state index in [1.807, 2.05) is 0 Å². The highest BCUT2D eigenvalue weighted by atomic mass is 79.9. The van der Waals surface area contributed by atoms with E-state index in [0.29, 0.717) is 0 Å². The van der Waals surface area contributed by atoms with Crippen molar-refractivity contribution in [3.05, 3.63) is 11.6 Å². The first-order chi connectivity index (χ1) is 9.00. The van der Waals surface area contributed by atoms with Crippen molar-refractivity contribution in [3.63, 3.8) is 0 Å². The SMILES string of the molecule is CCCCCCCCc1nnc(CBr)n1C(C)(C)C. The van der Waals surface area contributed by atoms with Gasteiger partial charge in [-0.2, -0.15) is 0 Å². The number of rotatable bonds is 8. The highest BCUT2D eigenvalue weighted by Crippen LogP contribution is 2.21. The van der Waals surface area contributed by atoms with E-state index in [4.69, 9.17) is 0 Å². The van der Waals surface area contributed by atoms with Crippen LogP contribution >= 0.6 is 15.9 Å². The molecule has 3 nitrogen and oxygen atoms in total. The van der Waals surface area contributed by atoms with Gasteiger partial charge in [0.25, 0.3) is 0 Å². The van der Waals surface area contributed by atoms with E-state index in [1.165, 1.54) is 38.5 Å². The summed E-state index contributed by atoms with van der Waals surface area (Å²) in [4.78, 5) is 0. The van der Waals surface area contributed by atoms with Gasteiger partial charge in [-0.05, 0) is 27.2 Å². The number of hydrogen-bond donors (Lipinski definition) is 0. The van der Waals surface area contributed by atoms with Gasteiger partial charge in [0.15, 0.2) is 0 Å². The lowest BCUT2D eigenvalue weighted by Gasteiger charge is -2.24. The minimum absolute atomic E-state index is 0.0597. The van der Waals surface area contributed by atoms with Gasteiger partial charge in [-0.25, -0.2) is 0 Å². The second-order valence-electron chi connectivity index (χ2n) is 6.19. The molecule has 0 bridgehead atoms. The molecule has 0 N–H and O–H groups in total. The lowest BCUT2D eigenvalue weighted by Crippen LogP contribution is -2.26. The highest BCUT2D eigenvalue weighted by molar-refractivity contribution is 9.08. The van der Waals surface area contributed by atoms with Crippen molar-refractivity contribution in [2.75, 3.05) is 0 Å². The van der Waals surface area contributed by atoms with Crippen LogP contribution in [0.3, 0.4) is 0 Å². The molecule has 0 saturated heterocycles. The summed E-state index contributed by atoms with van der Waals surface area (Å²) in [6.45, 7) is 8.90. The fourth-order valence-electron chi connectivity index (χ4n) is 2.44. The van der Waals surface area contributed by atoms with Crippen LogP contribution in [0.15, 0.2) is 0 Å². The van der Waals surface area contributed by atoms with Crippen LogP contribution in [-0.2, 0) is 17.3 Å². The Bertz CT molecular complexity index is 366. The van der Waals surface area contributed by atoms with Crippen molar-refractivity contribution in [1.29, 1.82) is 0 Å². The maximum atomic E-state index is 4.37.